The molecule has 1 unspecified atom stereocenters. The van der Waals surface area contributed by atoms with Crippen molar-refractivity contribution in [3.05, 3.63) is 24.1 Å². The Bertz CT molecular complexity index is 661. The zero-order chi connectivity index (χ0) is 13.3. The molecule has 2 rings (SSSR count). The number of fused-ring (bicyclic) bond motifs is 1. The van der Waals surface area contributed by atoms with Gasteiger partial charge in [-0.1, -0.05) is 6.92 Å². The minimum Gasteiger partial charge on any atom is -0.440 e. The molecule has 0 amide bonds. The molecule has 0 aliphatic heterocycles. The van der Waals surface area contributed by atoms with Crippen molar-refractivity contribution >= 4 is 20.9 Å². The lowest BCUT2D eigenvalue weighted by atomic mass is 10.1. The largest absolute Gasteiger partial charge is 0.440 e. The van der Waals surface area contributed by atoms with E-state index in [0.717, 1.165) is 6.42 Å². The van der Waals surface area contributed by atoms with Gasteiger partial charge in [0.25, 0.3) is 0 Å². The lowest BCUT2D eigenvalue weighted by Gasteiger charge is -2.02. The Balaban J connectivity index is 2.46. The predicted octanol–water partition coefficient (Wildman–Crippen LogP) is 1.68. The first kappa shape index (κ1) is 13.0. The molecule has 0 saturated heterocycles. The van der Waals surface area contributed by atoms with Crippen LogP contribution in [0.4, 0.5) is 0 Å². The van der Waals surface area contributed by atoms with Crippen molar-refractivity contribution in [2.75, 3.05) is 12.8 Å². The van der Waals surface area contributed by atoms with Gasteiger partial charge in [-0.05, 0) is 31.2 Å². The number of oxazole rings is 1. The predicted molar refractivity (Wildman–Crippen MR) is 69.2 cm³/mol. The molecule has 0 fully saturated rings. The zero-order valence-corrected chi connectivity index (χ0v) is 11.2. The molecule has 1 aromatic carbocycles. The molecule has 2 N–H and O–H groups in total. The van der Waals surface area contributed by atoms with Crippen LogP contribution < -0.4 is 5.73 Å². The van der Waals surface area contributed by atoms with Gasteiger partial charge in [0.2, 0.25) is 0 Å². The minimum absolute atomic E-state index is 0.129. The van der Waals surface area contributed by atoms with Crippen LogP contribution in [0.15, 0.2) is 27.5 Å². The second-order valence-electron chi connectivity index (χ2n) is 4.43. The molecule has 0 aliphatic rings. The Morgan fingerprint density at radius 1 is 1.44 bits per heavy atom. The molecule has 1 heterocycles. The highest BCUT2D eigenvalue weighted by molar-refractivity contribution is 7.90. The Hall–Kier alpha value is -1.40. The first-order valence-corrected chi connectivity index (χ1v) is 7.61. The van der Waals surface area contributed by atoms with Crippen molar-refractivity contribution in [2.24, 2.45) is 5.73 Å². The van der Waals surface area contributed by atoms with Crippen molar-refractivity contribution in [1.29, 1.82) is 0 Å². The van der Waals surface area contributed by atoms with Gasteiger partial charge in [0.1, 0.15) is 5.52 Å². The maximum absolute atomic E-state index is 11.4. The van der Waals surface area contributed by atoms with E-state index in [1.165, 1.54) is 18.4 Å². The molecule has 0 saturated carbocycles. The summed E-state index contributed by atoms with van der Waals surface area (Å²) in [5, 5.41) is 0. The van der Waals surface area contributed by atoms with Crippen LogP contribution in [0.1, 0.15) is 25.2 Å². The third-order valence-corrected chi connectivity index (χ3v) is 3.94. The number of nitrogens with two attached hydrogens (primary N) is 1. The van der Waals surface area contributed by atoms with Crippen molar-refractivity contribution < 1.29 is 12.8 Å². The van der Waals surface area contributed by atoms with Crippen LogP contribution in [-0.4, -0.2) is 26.2 Å². The lowest BCUT2D eigenvalue weighted by Crippen LogP contribution is -2.04. The van der Waals surface area contributed by atoms with E-state index in [4.69, 9.17) is 10.2 Å². The van der Waals surface area contributed by atoms with Gasteiger partial charge in [-0.25, -0.2) is 13.4 Å². The highest BCUT2D eigenvalue weighted by Crippen LogP contribution is 2.25. The van der Waals surface area contributed by atoms with Crippen LogP contribution in [0, 0.1) is 0 Å². The zero-order valence-electron chi connectivity index (χ0n) is 10.4. The molecule has 1 aromatic heterocycles. The number of hydrogen-bond acceptors (Lipinski definition) is 5. The van der Waals surface area contributed by atoms with Crippen molar-refractivity contribution in [3.63, 3.8) is 0 Å². The molecule has 2 aromatic rings. The summed E-state index contributed by atoms with van der Waals surface area (Å²) in [5.41, 5.74) is 6.66. The Morgan fingerprint density at radius 2 is 2.17 bits per heavy atom. The SMILES string of the molecule is CC(CCN)c1nc2cc(S(C)(=O)=O)ccc2o1. The third kappa shape index (κ3) is 2.54. The number of benzene rings is 1. The summed E-state index contributed by atoms with van der Waals surface area (Å²) in [6.45, 7) is 2.55. The fourth-order valence-electron chi connectivity index (χ4n) is 1.74. The molecular formula is C12H16N2O3S. The smallest absolute Gasteiger partial charge is 0.198 e. The molecule has 6 heteroatoms. The summed E-state index contributed by atoms with van der Waals surface area (Å²) in [7, 11) is -3.22. The van der Waals surface area contributed by atoms with Crippen LogP contribution in [0.5, 0.6) is 0 Å². The average molecular weight is 268 g/mol. The van der Waals surface area contributed by atoms with E-state index in [1.807, 2.05) is 6.92 Å². The van der Waals surface area contributed by atoms with E-state index < -0.39 is 9.84 Å². The van der Waals surface area contributed by atoms with E-state index in [1.54, 1.807) is 6.07 Å². The molecule has 0 bridgehead atoms. The van der Waals surface area contributed by atoms with E-state index >= 15 is 0 Å². The minimum atomic E-state index is -3.22. The average Bonchev–Trinajstić information content (AvgIpc) is 2.70. The fraction of sp³-hybridized carbons (Fsp3) is 0.417. The van der Waals surface area contributed by atoms with Gasteiger partial charge < -0.3 is 10.2 Å². The Kier molecular flexibility index (Phi) is 3.41. The first-order chi connectivity index (χ1) is 8.41. The van der Waals surface area contributed by atoms with Crippen LogP contribution in [-0.2, 0) is 9.84 Å². The maximum Gasteiger partial charge on any atom is 0.198 e. The molecule has 98 valence electrons. The van der Waals surface area contributed by atoms with E-state index in [2.05, 4.69) is 4.98 Å². The Labute approximate surface area is 106 Å². The van der Waals surface area contributed by atoms with Gasteiger partial charge in [0.05, 0.1) is 4.90 Å². The highest BCUT2D eigenvalue weighted by atomic mass is 32.2. The maximum atomic E-state index is 11.4. The van der Waals surface area contributed by atoms with Gasteiger partial charge in [-0.3, -0.25) is 0 Å². The molecular weight excluding hydrogens is 252 g/mol. The van der Waals surface area contributed by atoms with Crippen molar-refractivity contribution in [3.8, 4) is 0 Å². The second-order valence-corrected chi connectivity index (χ2v) is 6.45. The van der Waals surface area contributed by atoms with Crippen molar-refractivity contribution in [1.82, 2.24) is 4.98 Å². The summed E-state index contributed by atoms with van der Waals surface area (Å²) in [6.07, 6.45) is 1.96. The molecule has 0 radical (unpaired) electrons. The van der Waals surface area contributed by atoms with Gasteiger partial charge in [0, 0.05) is 12.2 Å². The van der Waals surface area contributed by atoms with Gasteiger partial charge in [-0.2, -0.15) is 0 Å². The molecule has 0 aliphatic carbocycles. The van der Waals surface area contributed by atoms with Gasteiger partial charge in [0.15, 0.2) is 21.3 Å². The molecule has 0 spiro atoms. The van der Waals surface area contributed by atoms with E-state index in [0.29, 0.717) is 23.5 Å². The summed E-state index contributed by atoms with van der Waals surface area (Å²) in [6, 6.07) is 4.70. The standard InChI is InChI=1S/C12H16N2O3S/c1-8(5-6-13)12-14-10-7-9(18(2,15)16)3-4-11(10)17-12/h3-4,7-8H,5-6,13H2,1-2H3. The summed E-state index contributed by atoms with van der Waals surface area (Å²) < 4.78 is 28.5. The Morgan fingerprint density at radius 3 is 2.78 bits per heavy atom. The van der Waals surface area contributed by atoms with Crippen LogP contribution in [0.3, 0.4) is 0 Å². The summed E-state index contributed by atoms with van der Waals surface area (Å²) in [4.78, 5) is 4.57. The fourth-order valence-corrected chi connectivity index (χ4v) is 2.38. The van der Waals surface area contributed by atoms with Crippen LogP contribution in [0.2, 0.25) is 0 Å². The molecule has 18 heavy (non-hydrogen) atoms. The van der Waals surface area contributed by atoms with Crippen LogP contribution in [0.25, 0.3) is 11.1 Å². The third-order valence-electron chi connectivity index (χ3n) is 2.82. The quantitative estimate of drug-likeness (QED) is 0.911. The lowest BCUT2D eigenvalue weighted by molar-refractivity contribution is 0.473. The van der Waals surface area contributed by atoms with Gasteiger partial charge in [-0.15, -0.1) is 0 Å². The van der Waals surface area contributed by atoms with E-state index in [-0.39, 0.29) is 10.8 Å². The number of aromatic nitrogens is 1. The van der Waals surface area contributed by atoms with Crippen molar-refractivity contribution in [2.45, 2.75) is 24.2 Å². The van der Waals surface area contributed by atoms with Gasteiger partial charge >= 0.3 is 0 Å². The van der Waals surface area contributed by atoms with Crippen LogP contribution >= 0.6 is 0 Å². The normalized spacial score (nSPS) is 13.9. The first-order valence-electron chi connectivity index (χ1n) is 5.72. The topological polar surface area (TPSA) is 86.2 Å². The molecule has 1 atom stereocenters. The highest BCUT2D eigenvalue weighted by Gasteiger charge is 2.15. The summed E-state index contributed by atoms with van der Waals surface area (Å²) in [5.74, 6) is 0.727. The number of nitrogens with zero attached hydrogens (tertiary/aromatic N) is 1. The monoisotopic (exact) mass is 268 g/mol. The number of rotatable bonds is 4. The second kappa shape index (κ2) is 4.70. The summed E-state index contributed by atoms with van der Waals surface area (Å²) >= 11 is 0. The number of hydrogen-bond donors (Lipinski definition) is 1. The van der Waals surface area contributed by atoms with E-state index in [9.17, 15) is 8.42 Å². The number of sulfone groups is 1. The molecule has 5 nitrogen and oxygen atoms in total.